The van der Waals surface area contributed by atoms with Gasteiger partial charge in [-0.25, -0.2) is 13.4 Å². The molecule has 0 atom stereocenters. The van der Waals surface area contributed by atoms with Crippen molar-refractivity contribution in [3.63, 3.8) is 0 Å². The second-order valence-electron chi connectivity index (χ2n) is 15.0. The van der Waals surface area contributed by atoms with Crippen LogP contribution in [0.2, 0.25) is 0 Å². The minimum atomic E-state index is -3.73. The first-order valence-corrected chi connectivity index (χ1v) is 21.2. The fraction of sp³-hybridized carbons (Fsp3) is 0.0377. The van der Waals surface area contributed by atoms with Crippen molar-refractivity contribution in [2.24, 2.45) is 0 Å². The first-order chi connectivity index (χ1) is 28.5. The summed E-state index contributed by atoms with van der Waals surface area (Å²) < 4.78 is 30.6. The van der Waals surface area contributed by atoms with E-state index in [1.807, 2.05) is 48.5 Å². The summed E-state index contributed by atoms with van der Waals surface area (Å²) >= 11 is 0. The van der Waals surface area contributed by atoms with Crippen molar-refractivity contribution in [2.45, 2.75) is 22.6 Å². The highest BCUT2D eigenvalue weighted by molar-refractivity contribution is 7.92. The average molecular weight is 765 g/mol. The highest BCUT2D eigenvalue weighted by atomic mass is 32.2. The zero-order valence-electron chi connectivity index (χ0n) is 31.5. The van der Waals surface area contributed by atoms with Crippen LogP contribution in [0.25, 0.3) is 88.8 Å². The van der Waals surface area contributed by atoms with Gasteiger partial charge in [0.2, 0.25) is 9.84 Å². The van der Waals surface area contributed by atoms with Crippen LogP contribution in [0.15, 0.2) is 204 Å². The molecule has 2 aliphatic rings. The molecule has 3 heterocycles. The summed E-state index contributed by atoms with van der Waals surface area (Å²) in [6, 6.07) is 60.0. The molecule has 0 spiro atoms. The van der Waals surface area contributed by atoms with Crippen molar-refractivity contribution < 1.29 is 8.42 Å². The van der Waals surface area contributed by atoms with Gasteiger partial charge >= 0.3 is 0 Å². The molecule has 58 heavy (non-hydrogen) atoms. The molecule has 1 aliphatic heterocycles. The van der Waals surface area contributed by atoms with Crippen molar-refractivity contribution in [3.8, 4) is 61.5 Å². The van der Waals surface area contributed by atoms with Crippen molar-refractivity contribution in [2.75, 3.05) is 0 Å². The summed E-state index contributed by atoms with van der Waals surface area (Å²) in [7, 11) is -3.73. The maximum absolute atomic E-state index is 14.2. The highest BCUT2D eigenvalue weighted by Gasteiger charge is 2.35. The Morgan fingerprint density at radius 1 is 0.466 bits per heavy atom. The van der Waals surface area contributed by atoms with Gasteiger partial charge in [0.15, 0.2) is 0 Å². The SMILES string of the molecule is O=S1(=O)c2ccccc2-c2cccc(-c3ccccc3-n3c4ccccc4c4cc(-c5ccccc5-c5cc(-c6ccccc6)cc(C6=CCCC=C6)n5)ccc43)c21. The van der Waals surface area contributed by atoms with Crippen LogP contribution in [0.5, 0.6) is 0 Å². The zero-order chi connectivity index (χ0) is 38.8. The highest BCUT2D eigenvalue weighted by Crippen LogP contribution is 2.49. The molecule has 276 valence electrons. The lowest BCUT2D eigenvalue weighted by Crippen LogP contribution is -2.02. The van der Waals surface area contributed by atoms with Crippen molar-refractivity contribution >= 4 is 37.2 Å². The number of allylic oxidation sites excluding steroid dienone is 4. The Morgan fingerprint density at radius 2 is 1.12 bits per heavy atom. The summed E-state index contributed by atoms with van der Waals surface area (Å²) in [6.45, 7) is 0. The van der Waals surface area contributed by atoms with Crippen molar-refractivity contribution in [3.05, 3.63) is 200 Å². The zero-order valence-corrected chi connectivity index (χ0v) is 32.3. The molecular weight excluding hydrogens is 729 g/mol. The molecular formula is C53H36N2O2S. The molecule has 4 nitrogen and oxygen atoms in total. The number of pyridine rings is 1. The molecule has 5 heteroatoms. The number of para-hydroxylation sites is 2. The van der Waals surface area contributed by atoms with Gasteiger partial charge in [-0.15, -0.1) is 0 Å². The van der Waals surface area contributed by atoms with E-state index in [9.17, 15) is 8.42 Å². The molecule has 0 radical (unpaired) electrons. The van der Waals surface area contributed by atoms with Crippen LogP contribution in [0, 0.1) is 0 Å². The monoisotopic (exact) mass is 764 g/mol. The fourth-order valence-corrected chi connectivity index (χ4v) is 10.8. The molecule has 1 aliphatic carbocycles. The van der Waals surface area contributed by atoms with Crippen molar-refractivity contribution in [1.29, 1.82) is 0 Å². The van der Waals surface area contributed by atoms with Crippen LogP contribution in [0.4, 0.5) is 0 Å². The Kier molecular flexibility index (Phi) is 7.98. The Morgan fingerprint density at radius 3 is 1.95 bits per heavy atom. The van der Waals surface area contributed by atoms with Crippen LogP contribution >= 0.6 is 0 Å². The summed E-state index contributed by atoms with van der Waals surface area (Å²) in [5, 5.41) is 2.23. The Balaban J connectivity index is 1.09. The Labute approximate surface area is 337 Å². The first kappa shape index (κ1) is 34.2. The van der Waals surface area contributed by atoms with E-state index in [-0.39, 0.29) is 0 Å². The number of rotatable bonds is 6. The summed E-state index contributed by atoms with van der Waals surface area (Å²) in [5.74, 6) is 0. The van der Waals surface area contributed by atoms with E-state index >= 15 is 0 Å². The molecule has 7 aromatic carbocycles. The smallest absolute Gasteiger partial charge is 0.208 e. The Bertz CT molecular complexity index is 3300. The van der Waals surface area contributed by atoms with Crippen LogP contribution in [0.3, 0.4) is 0 Å². The van der Waals surface area contributed by atoms with E-state index in [4.69, 9.17) is 4.98 Å². The van der Waals surface area contributed by atoms with Crippen molar-refractivity contribution in [1.82, 2.24) is 9.55 Å². The largest absolute Gasteiger partial charge is 0.309 e. The van der Waals surface area contributed by atoms with Gasteiger partial charge < -0.3 is 4.57 Å². The minimum Gasteiger partial charge on any atom is -0.309 e. The molecule has 0 bridgehead atoms. The molecule has 0 fully saturated rings. The topological polar surface area (TPSA) is 52.0 Å². The van der Waals surface area contributed by atoms with E-state index in [1.54, 1.807) is 12.1 Å². The third kappa shape index (κ3) is 5.42. The fourth-order valence-electron chi connectivity index (χ4n) is 8.96. The van der Waals surface area contributed by atoms with Gasteiger partial charge in [-0.2, -0.15) is 0 Å². The predicted octanol–water partition coefficient (Wildman–Crippen LogP) is 13.4. The maximum Gasteiger partial charge on any atom is 0.208 e. The average Bonchev–Trinajstić information content (AvgIpc) is 3.74. The van der Waals surface area contributed by atoms with E-state index in [1.165, 1.54) is 0 Å². The second-order valence-corrected chi connectivity index (χ2v) is 16.8. The van der Waals surface area contributed by atoms with Gasteiger partial charge in [0.25, 0.3) is 0 Å². The molecule has 0 saturated heterocycles. The minimum absolute atomic E-state index is 0.362. The van der Waals surface area contributed by atoms with E-state index in [0.29, 0.717) is 15.4 Å². The number of sulfone groups is 1. The van der Waals surface area contributed by atoms with Gasteiger partial charge in [-0.3, -0.25) is 0 Å². The van der Waals surface area contributed by atoms with Gasteiger partial charge in [0.1, 0.15) is 0 Å². The summed E-state index contributed by atoms with van der Waals surface area (Å²) in [4.78, 5) is 6.04. The first-order valence-electron chi connectivity index (χ1n) is 19.7. The number of nitrogens with zero attached hydrogens (tertiary/aromatic N) is 2. The van der Waals surface area contributed by atoms with Crippen LogP contribution in [-0.2, 0) is 9.84 Å². The third-order valence-corrected chi connectivity index (χ3v) is 13.5. The number of fused-ring (bicyclic) bond motifs is 6. The quantitative estimate of drug-likeness (QED) is 0.169. The maximum atomic E-state index is 14.2. The van der Waals surface area contributed by atoms with Crippen LogP contribution < -0.4 is 0 Å². The van der Waals surface area contributed by atoms with E-state index in [0.717, 1.165) is 102 Å². The lowest BCUT2D eigenvalue weighted by Gasteiger charge is -2.16. The standard InChI is InChI=1S/C53H36N2O2S/c56-58(57)52-29-14-11-24-43(52)45-26-15-25-44(53(45)58)41-22-9-12-27-49(41)55-50-28-13-10-23-42(50)46-32-37(30-31-51(46)55)39-20-7-8-21-40(39)48-34-38(35-16-3-1-4-17-35)33-47(54-48)36-18-5-2-6-19-36/h1,3-5,7-34H,2,6H2. The molecule has 11 rings (SSSR count). The van der Waals surface area contributed by atoms with E-state index in [2.05, 4.69) is 138 Å². The van der Waals surface area contributed by atoms with Gasteiger partial charge in [0.05, 0.1) is 37.9 Å². The van der Waals surface area contributed by atoms with Gasteiger partial charge in [0, 0.05) is 38.6 Å². The van der Waals surface area contributed by atoms with Crippen LogP contribution in [-0.4, -0.2) is 18.0 Å². The van der Waals surface area contributed by atoms with Gasteiger partial charge in [-0.1, -0.05) is 152 Å². The third-order valence-electron chi connectivity index (χ3n) is 11.6. The van der Waals surface area contributed by atoms with E-state index < -0.39 is 9.84 Å². The number of benzene rings is 7. The molecule has 9 aromatic rings. The lowest BCUT2D eigenvalue weighted by molar-refractivity contribution is 0.599. The molecule has 0 amide bonds. The second kappa shape index (κ2) is 13.5. The van der Waals surface area contributed by atoms with Crippen LogP contribution in [0.1, 0.15) is 18.5 Å². The lowest BCUT2D eigenvalue weighted by atomic mass is 9.93. The molecule has 0 saturated carbocycles. The molecule has 0 N–H and O–H groups in total. The Hall–Kier alpha value is -7.08. The summed E-state index contributed by atoms with van der Waals surface area (Å²) in [6.07, 6.45) is 8.77. The predicted molar refractivity (Wildman–Crippen MR) is 238 cm³/mol. The molecule has 0 unspecified atom stereocenters. The number of hydrogen-bond donors (Lipinski definition) is 0. The number of hydrogen-bond acceptors (Lipinski definition) is 3. The number of aromatic nitrogens is 2. The summed E-state index contributed by atoms with van der Waals surface area (Å²) in [5.41, 5.74) is 14.7. The molecule has 2 aromatic heterocycles. The normalized spacial score (nSPS) is 14.0. The van der Waals surface area contributed by atoms with Gasteiger partial charge in [-0.05, 0) is 83.1 Å².